The summed E-state index contributed by atoms with van der Waals surface area (Å²) in [6.45, 7) is 0. The number of rotatable bonds is 6. The minimum absolute atomic E-state index is 0.100. The van der Waals surface area contributed by atoms with Gasteiger partial charge in [0.2, 0.25) is 0 Å². The van der Waals surface area contributed by atoms with E-state index in [1.165, 1.54) is 30.4 Å². The van der Waals surface area contributed by atoms with Gasteiger partial charge >= 0.3 is 0 Å². The molecule has 0 saturated carbocycles. The van der Waals surface area contributed by atoms with Gasteiger partial charge in [-0.2, -0.15) is 0 Å². The normalized spacial score (nSPS) is 10.9. The zero-order chi connectivity index (χ0) is 20.1. The third-order valence-corrected chi connectivity index (χ3v) is 5.05. The number of halogens is 2. The van der Waals surface area contributed by atoms with Crippen LogP contribution in [0.5, 0.6) is 0 Å². The number of benzene rings is 2. The molecule has 0 amide bonds. The van der Waals surface area contributed by atoms with Crippen molar-refractivity contribution >= 4 is 52.5 Å². The van der Waals surface area contributed by atoms with E-state index < -0.39 is 4.92 Å². The maximum absolute atomic E-state index is 12.3. The lowest BCUT2D eigenvalue weighted by molar-refractivity contribution is -0.387. The molecule has 1 heterocycles. The Balaban J connectivity index is 1.84. The highest BCUT2D eigenvalue weighted by atomic mass is 35.5. The number of hydrogen-bond acceptors (Lipinski definition) is 6. The molecule has 0 bridgehead atoms. The van der Waals surface area contributed by atoms with Gasteiger partial charge in [-0.05, 0) is 53.7 Å². The molecule has 1 aromatic heterocycles. The Morgan fingerprint density at radius 3 is 2.54 bits per heavy atom. The summed E-state index contributed by atoms with van der Waals surface area (Å²) in [5, 5.41) is 12.5. The molecule has 0 spiro atoms. The van der Waals surface area contributed by atoms with Crippen molar-refractivity contribution in [2.24, 2.45) is 0 Å². The van der Waals surface area contributed by atoms with Gasteiger partial charge in [-0.15, -0.1) is 0 Å². The predicted molar refractivity (Wildman–Crippen MR) is 109 cm³/mol. The first-order valence-electron chi connectivity index (χ1n) is 7.85. The van der Waals surface area contributed by atoms with E-state index in [2.05, 4.69) is 9.97 Å². The zero-order valence-corrected chi connectivity index (χ0v) is 16.4. The van der Waals surface area contributed by atoms with Gasteiger partial charge in [0.1, 0.15) is 0 Å². The van der Waals surface area contributed by atoms with E-state index in [4.69, 9.17) is 23.2 Å². The van der Waals surface area contributed by atoms with Gasteiger partial charge < -0.3 is 0 Å². The summed E-state index contributed by atoms with van der Waals surface area (Å²) < 4.78 is 0. The average molecular weight is 432 g/mol. The topological polar surface area (TPSA) is 86.0 Å². The lowest BCUT2D eigenvalue weighted by Crippen LogP contribution is -1.96. The SMILES string of the molecule is O=C(C=Cc1ccc(Sc2ncccn2)c([N+](=O)[O-])c1)c1ccc(Cl)cc1Cl. The smallest absolute Gasteiger partial charge is 0.283 e. The number of ketones is 1. The molecule has 0 radical (unpaired) electrons. The Labute approximate surface area is 174 Å². The van der Waals surface area contributed by atoms with Crippen LogP contribution in [-0.2, 0) is 0 Å². The molecule has 9 heteroatoms. The first-order valence-corrected chi connectivity index (χ1v) is 9.42. The molecule has 0 aliphatic carbocycles. The molecule has 3 aromatic rings. The maximum Gasteiger partial charge on any atom is 0.283 e. The van der Waals surface area contributed by atoms with Crippen molar-refractivity contribution in [3.05, 3.63) is 92.2 Å². The van der Waals surface area contributed by atoms with Crippen LogP contribution in [0.3, 0.4) is 0 Å². The van der Waals surface area contributed by atoms with Crippen LogP contribution in [0.1, 0.15) is 15.9 Å². The van der Waals surface area contributed by atoms with E-state index in [1.807, 2.05) is 0 Å². The van der Waals surface area contributed by atoms with Crippen molar-refractivity contribution < 1.29 is 9.72 Å². The van der Waals surface area contributed by atoms with Crippen molar-refractivity contribution in [1.82, 2.24) is 9.97 Å². The number of carbonyl (C=O) groups is 1. The molecular weight excluding hydrogens is 421 g/mol. The number of nitrogens with zero attached hydrogens (tertiary/aromatic N) is 3. The lowest BCUT2D eigenvalue weighted by Gasteiger charge is -2.03. The highest BCUT2D eigenvalue weighted by molar-refractivity contribution is 7.99. The zero-order valence-electron chi connectivity index (χ0n) is 14.1. The summed E-state index contributed by atoms with van der Waals surface area (Å²) >= 11 is 12.9. The summed E-state index contributed by atoms with van der Waals surface area (Å²) in [4.78, 5) is 31.8. The lowest BCUT2D eigenvalue weighted by atomic mass is 10.1. The molecule has 0 atom stereocenters. The number of allylic oxidation sites excluding steroid dienone is 1. The Morgan fingerprint density at radius 2 is 1.86 bits per heavy atom. The van der Waals surface area contributed by atoms with Crippen LogP contribution in [0.4, 0.5) is 5.69 Å². The number of nitro groups is 1. The third kappa shape index (κ3) is 4.95. The summed E-state index contributed by atoms with van der Waals surface area (Å²) in [6, 6.07) is 10.9. The quantitative estimate of drug-likeness (QED) is 0.162. The third-order valence-electron chi connectivity index (χ3n) is 3.55. The number of hydrogen-bond donors (Lipinski definition) is 0. The Hall–Kier alpha value is -2.74. The Kier molecular flexibility index (Phi) is 6.41. The molecule has 140 valence electrons. The molecule has 0 aliphatic heterocycles. The highest BCUT2D eigenvalue weighted by Gasteiger charge is 2.16. The van der Waals surface area contributed by atoms with Crippen molar-refractivity contribution in [2.45, 2.75) is 10.1 Å². The molecule has 0 saturated heterocycles. The van der Waals surface area contributed by atoms with Crippen LogP contribution in [0.2, 0.25) is 10.0 Å². The van der Waals surface area contributed by atoms with E-state index in [9.17, 15) is 14.9 Å². The molecule has 0 aliphatic rings. The van der Waals surface area contributed by atoms with E-state index in [0.29, 0.717) is 26.2 Å². The minimum Gasteiger partial charge on any atom is -0.289 e. The van der Waals surface area contributed by atoms with Gasteiger partial charge in [0, 0.05) is 29.0 Å². The molecule has 28 heavy (non-hydrogen) atoms. The Morgan fingerprint density at radius 1 is 1.11 bits per heavy atom. The van der Waals surface area contributed by atoms with Gasteiger partial charge in [0.25, 0.3) is 5.69 Å². The van der Waals surface area contributed by atoms with E-state index >= 15 is 0 Å². The number of carbonyl (C=O) groups excluding carboxylic acids is 1. The summed E-state index contributed by atoms with van der Waals surface area (Å²) in [7, 11) is 0. The van der Waals surface area contributed by atoms with Crippen LogP contribution in [0.15, 0.2) is 71.0 Å². The van der Waals surface area contributed by atoms with Crippen molar-refractivity contribution in [3.8, 4) is 0 Å². The number of nitro benzene ring substituents is 1. The summed E-state index contributed by atoms with van der Waals surface area (Å²) in [6.07, 6.45) is 5.92. The van der Waals surface area contributed by atoms with Crippen molar-refractivity contribution in [3.63, 3.8) is 0 Å². The van der Waals surface area contributed by atoms with E-state index in [1.54, 1.807) is 36.7 Å². The second kappa shape index (κ2) is 8.97. The maximum atomic E-state index is 12.3. The van der Waals surface area contributed by atoms with E-state index in [-0.39, 0.29) is 16.5 Å². The molecule has 3 rings (SSSR count). The van der Waals surface area contributed by atoms with Crippen LogP contribution in [0.25, 0.3) is 6.08 Å². The minimum atomic E-state index is -0.486. The van der Waals surface area contributed by atoms with Gasteiger partial charge in [-0.3, -0.25) is 14.9 Å². The first kappa shape index (κ1) is 20.0. The Bertz CT molecular complexity index is 1080. The monoisotopic (exact) mass is 431 g/mol. The van der Waals surface area contributed by atoms with Crippen molar-refractivity contribution in [1.29, 1.82) is 0 Å². The second-order valence-corrected chi connectivity index (χ2v) is 7.29. The molecular formula is C19H11Cl2N3O3S. The van der Waals surface area contributed by atoms with Crippen molar-refractivity contribution in [2.75, 3.05) is 0 Å². The van der Waals surface area contributed by atoms with E-state index in [0.717, 1.165) is 11.8 Å². The fourth-order valence-corrected chi connectivity index (χ4v) is 3.55. The van der Waals surface area contributed by atoms with Crippen LogP contribution >= 0.6 is 35.0 Å². The van der Waals surface area contributed by atoms with Crippen LogP contribution in [0, 0.1) is 10.1 Å². The second-order valence-electron chi connectivity index (χ2n) is 5.44. The summed E-state index contributed by atoms with van der Waals surface area (Å²) in [5.41, 5.74) is 0.699. The van der Waals surface area contributed by atoms with Crippen LogP contribution in [-0.4, -0.2) is 20.7 Å². The van der Waals surface area contributed by atoms with Gasteiger partial charge in [-0.25, -0.2) is 9.97 Å². The average Bonchev–Trinajstić information content (AvgIpc) is 2.67. The molecule has 0 unspecified atom stereocenters. The molecule has 0 fully saturated rings. The predicted octanol–water partition coefficient (Wildman–Crippen LogP) is 5.74. The van der Waals surface area contributed by atoms with Gasteiger partial charge in [0.15, 0.2) is 10.9 Å². The first-order chi connectivity index (χ1) is 13.4. The standard InChI is InChI=1S/C19H11Cl2N3O3S/c20-13-4-5-14(15(21)11-13)17(25)6-2-12-3-7-18(16(10-12)24(26)27)28-19-22-8-1-9-23-19/h1-11H. The largest absolute Gasteiger partial charge is 0.289 e. The number of aromatic nitrogens is 2. The molecule has 2 aromatic carbocycles. The fourth-order valence-electron chi connectivity index (χ4n) is 2.25. The van der Waals surface area contributed by atoms with Gasteiger partial charge in [0.05, 0.1) is 14.8 Å². The highest BCUT2D eigenvalue weighted by Crippen LogP contribution is 2.33. The van der Waals surface area contributed by atoms with Crippen LogP contribution < -0.4 is 0 Å². The summed E-state index contributed by atoms with van der Waals surface area (Å²) in [5.74, 6) is -0.333. The molecule has 0 N–H and O–H groups in total. The van der Waals surface area contributed by atoms with Gasteiger partial charge in [-0.1, -0.05) is 35.3 Å². The molecule has 6 nitrogen and oxygen atoms in total. The fraction of sp³-hybridized carbons (Fsp3) is 0.